The van der Waals surface area contributed by atoms with Gasteiger partial charge in [-0.15, -0.1) is 0 Å². The molecule has 0 aliphatic carbocycles. The van der Waals surface area contributed by atoms with Crippen LogP contribution in [0.3, 0.4) is 0 Å². The van der Waals surface area contributed by atoms with E-state index in [0.29, 0.717) is 39.6 Å². The van der Waals surface area contributed by atoms with Crippen molar-refractivity contribution in [2.45, 2.75) is 43.1 Å². The molecule has 1 aliphatic heterocycles. The summed E-state index contributed by atoms with van der Waals surface area (Å²) in [6.07, 6.45) is 2.40. The Kier molecular flexibility index (Phi) is 8.75. The first-order valence-corrected chi connectivity index (χ1v) is 12.8. The van der Waals surface area contributed by atoms with Gasteiger partial charge in [0.1, 0.15) is 0 Å². The number of hydrogen-bond acceptors (Lipinski definition) is 3. The van der Waals surface area contributed by atoms with Crippen LogP contribution in [-0.4, -0.2) is 40.4 Å². The van der Waals surface area contributed by atoms with E-state index in [0.717, 1.165) is 19.4 Å². The molecule has 1 aliphatic rings. The van der Waals surface area contributed by atoms with Crippen molar-refractivity contribution < 1.29 is 14.2 Å². The summed E-state index contributed by atoms with van der Waals surface area (Å²) in [6.45, 7) is 2.67. The van der Waals surface area contributed by atoms with Gasteiger partial charge in [-0.2, -0.15) is 0 Å². The summed E-state index contributed by atoms with van der Waals surface area (Å²) < 4.78 is 19.8. The van der Waals surface area contributed by atoms with Crippen LogP contribution < -0.4 is 4.46 Å². The summed E-state index contributed by atoms with van der Waals surface area (Å²) >= 11 is 0.388. The van der Waals surface area contributed by atoms with E-state index in [-0.39, 0.29) is 12.2 Å². The monoisotopic (exact) mass is 482 g/mol. The Morgan fingerprint density at radius 1 is 0.742 bits per heavy atom. The molecule has 0 amide bonds. The third-order valence-electron chi connectivity index (χ3n) is 5.38. The molecule has 3 aromatic rings. The normalized spacial score (nSPS) is 20.7. The van der Waals surface area contributed by atoms with Crippen molar-refractivity contribution in [3.8, 4) is 0 Å². The van der Waals surface area contributed by atoms with Gasteiger partial charge in [0.15, 0.2) is 0 Å². The van der Waals surface area contributed by atoms with Crippen LogP contribution in [0.4, 0.5) is 0 Å². The first-order valence-electron chi connectivity index (χ1n) is 11.0. The standard InChI is InChI=1S/C27H30O3Se/c1-4-10-22(11-5-1)19-28-17-16-26-27(31-25-14-8-3-9-15-25)18-24(30-26)21-29-20-23-12-6-2-7-13-23/h1-15,24,26-27H,16-21H2/t24-,26-,27-/m0/s1. The fourth-order valence-corrected chi connectivity index (χ4v) is 6.59. The fraction of sp³-hybridized carbons (Fsp3) is 0.333. The SMILES string of the molecule is c1ccc(COCC[C@@H]2O[C@H](COCc3ccccc3)C[C@@H]2[Se]c2ccccc2)cc1. The van der Waals surface area contributed by atoms with Gasteiger partial charge in [0, 0.05) is 0 Å². The maximum absolute atomic E-state index is 6.45. The first kappa shape index (κ1) is 22.3. The van der Waals surface area contributed by atoms with E-state index in [2.05, 4.69) is 78.9 Å². The Balaban J connectivity index is 1.27. The Morgan fingerprint density at radius 2 is 1.32 bits per heavy atom. The molecule has 0 spiro atoms. The minimum absolute atomic E-state index is 0.165. The van der Waals surface area contributed by atoms with E-state index in [1.54, 1.807) is 0 Å². The molecule has 31 heavy (non-hydrogen) atoms. The van der Waals surface area contributed by atoms with E-state index in [1.165, 1.54) is 15.6 Å². The van der Waals surface area contributed by atoms with Gasteiger partial charge in [0.25, 0.3) is 0 Å². The van der Waals surface area contributed by atoms with Crippen molar-refractivity contribution in [1.82, 2.24) is 0 Å². The van der Waals surface area contributed by atoms with Gasteiger partial charge in [-0.3, -0.25) is 0 Å². The molecule has 4 heteroatoms. The Morgan fingerprint density at radius 3 is 1.97 bits per heavy atom. The molecule has 1 heterocycles. The van der Waals surface area contributed by atoms with Crippen molar-refractivity contribution in [2.75, 3.05) is 13.2 Å². The summed E-state index contributed by atoms with van der Waals surface area (Å²) in [5.41, 5.74) is 2.42. The molecule has 0 radical (unpaired) electrons. The van der Waals surface area contributed by atoms with Crippen molar-refractivity contribution in [3.05, 3.63) is 102 Å². The second-order valence-electron chi connectivity index (χ2n) is 7.83. The zero-order chi connectivity index (χ0) is 21.1. The summed E-state index contributed by atoms with van der Waals surface area (Å²) in [4.78, 5) is 0.556. The summed E-state index contributed by atoms with van der Waals surface area (Å²) in [5, 5.41) is 0. The molecular formula is C27H30O3Se. The molecule has 3 atom stereocenters. The predicted octanol–water partition coefficient (Wildman–Crippen LogP) is 4.79. The average molecular weight is 481 g/mol. The van der Waals surface area contributed by atoms with Crippen LogP contribution in [0.2, 0.25) is 4.82 Å². The fourth-order valence-electron chi connectivity index (χ4n) is 3.81. The van der Waals surface area contributed by atoms with Crippen LogP contribution in [0.5, 0.6) is 0 Å². The number of rotatable bonds is 11. The van der Waals surface area contributed by atoms with Crippen molar-refractivity contribution >= 4 is 19.4 Å². The molecule has 1 fully saturated rings. The first-order chi connectivity index (χ1) is 15.4. The zero-order valence-electron chi connectivity index (χ0n) is 17.8. The van der Waals surface area contributed by atoms with Crippen LogP contribution >= 0.6 is 0 Å². The van der Waals surface area contributed by atoms with Crippen molar-refractivity contribution in [3.63, 3.8) is 0 Å². The van der Waals surface area contributed by atoms with Crippen LogP contribution in [0.15, 0.2) is 91.0 Å². The van der Waals surface area contributed by atoms with E-state index >= 15 is 0 Å². The number of hydrogen-bond donors (Lipinski definition) is 0. The molecular weight excluding hydrogens is 451 g/mol. The van der Waals surface area contributed by atoms with Crippen LogP contribution in [0, 0.1) is 0 Å². The molecule has 0 bridgehead atoms. The molecule has 0 aromatic heterocycles. The van der Waals surface area contributed by atoms with E-state index in [4.69, 9.17) is 14.2 Å². The van der Waals surface area contributed by atoms with Crippen LogP contribution in [0.1, 0.15) is 24.0 Å². The van der Waals surface area contributed by atoms with Gasteiger partial charge in [-0.25, -0.2) is 0 Å². The topological polar surface area (TPSA) is 27.7 Å². The summed E-state index contributed by atoms with van der Waals surface area (Å²) in [5.74, 6) is 0. The molecule has 0 saturated carbocycles. The van der Waals surface area contributed by atoms with E-state index in [9.17, 15) is 0 Å². The quantitative estimate of drug-likeness (QED) is 0.291. The van der Waals surface area contributed by atoms with Gasteiger partial charge >= 0.3 is 192 Å². The van der Waals surface area contributed by atoms with Gasteiger partial charge in [-0.1, -0.05) is 0 Å². The molecule has 3 nitrogen and oxygen atoms in total. The predicted molar refractivity (Wildman–Crippen MR) is 126 cm³/mol. The maximum atomic E-state index is 6.45. The second kappa shape index (κ2) is 12.2. The van der Waals surface area contributed by atoms with Gasteiger partial charge < -0.3 is 0 Å². The molecule has 162 valence electrons. The number of ether oxygens (including phenoxy) is 3. The Bertz CT molecular complexity index is 873. The number of benzene rings is 3. The van der Waals surface area contributed by atoms with E-state index < -0.39 is 0 Å². The van der Waals surface area contributed by atoms with E-state index in [1.807, 2.05) is 12.1 Å². The van der Waals surface area contributed by atoms with Gasteiger partial charge in [0.2, 0.25) is 0 Å². The molecule has 0 N–H and O–H groups in total. The second-order valence-corrected chi connectivity index (χ2v) is 10.6. The van der Waals surface area contributed by atoms with Gasteiger partial charge in [-0.05, 0) is 0 Å². The van der Waals surface area contributed by atoms with Crippen molar-refractivity contribution in [1.29, 1.82) is 0 Å². The minimum atomic E-state index is 0.165. The summed E-state index contributed by atoms with van der Waals surface area (Å²) in [6, 6.07) is 31.5. The Hall–Kier alpha value is -1.94. The Labute approximate surface area is 191 Å². The zero-order valence-corrected chi connectivity index (χ0v) is 19.5. The molecule has 3 aromatic carbocycles. The van der Waals surface area contributed by atoms with Gasteiger partial charge in [0.05, 0.1) is 0 Å². The third-order valence-corrected chi connectivity index (χ3v) is 8.20. The van der Waals surface area contributed by atoms with Crippen LogP contribution in [-0.2, 0) is 27.4 Å². The van der Waals surface area contributed by atoms with Crippen molar-refractivity contribution in [2.24, 2.45) is 0 Å². The average Bonchev–Trinajstić information content (AvgIpc) is 3.20. The third kappa shape index (κ3) is 7.31. The summed E-state index contributed by atoms with van der Waals surface area (Å²) in [7, 11) is 0. The molecule has 1 saturated heterocycles. The molecule has 4 rings (SSSR count). The van der Waals surface area contributed by atoms with Crippen LogP contribution in [0.25, 0.3) is 0 Å². The molecule has 0 unspecified atom stereocenters.